The Labute approximate surface area is 185 Å². The van der Waals surface area contributed by atoms with Crippen molar-refractivity contribution in [3.63, 3.8) is 0 Å². The highest BCUT2D eigenvalue weighted by atomic mass is 35.5. The number of hydrogen-bond donors (Lipinski definition) is 1. The zero-order valence-corrected chi connectivity index (χ0v) is 18.9. The van der Waals surface area contributed by atoms with Crippen LogP contribution in [0.15, 0.2) is 47.4 Å². The van der Waals surface area contributed by atoms with Crippen molar-refractivity contribution in [2.75, 3.05) is 18.0 Å². The number of rotatable bonds is 8. The van der Waals surface area contributed by atoms with Gasteiger partial charge in [0, 0.05) is 22.6 Å². The average molecular weight is 480 g/mol. The fraction of sp³-hybridized carbons (Fsp3) is 0.316. The molecule has 0 bridgehead atoms. The molecule has 0 aliphatic carbocycles. The molecule has 0 aliphatic heterocycles. The molecule has 1 amide bonds. The van der Waals surface area contributed by atoms with Crippen molar-refractivity contribution in [2.24, 2.45) is 0 Å². The molecule has 0 radical (unpaired) electrons. The van der Waals surface area contributed by atoms with Crippen molar-refractivity contribution in [1.29, 1.82) is 0 Å². The molecule has 0 spiro atoms. The summed E-state index contributed by atoms with van der Waals surface area (Å²) in [7, 11) is -2.67. The first-order chi connectivity index (χ1) is 13.7. The molecule has 0 heterocycles. The zero-order chi connectivity index (χ0) is 21.6. The molecule has 0 fully saturated rings. The van der Waals surface area contributed by atoms with E-state index in [2.05, 4.69) is 10.1 Å². The highest BCUT2D eigenvalue weighted by Gasteiger charge is 2.31. The highest BCUT2D eigenvalue weighted by Crippen LogP contribution is 2.35. The molecule has 1 N–H and O–H groups in total. The van der Waals surface area contributed by atoms with Crippen LogP contribution in [0, 0.1) is 0 Å². The number of benzene rings is 2. The molecule has 0 saturated carbocycles. The smallest absolute Gasteiger partial charge is 0.406 e. The Morgan fingerprint density at radius 1 is 1.10 bits per heavy atom. The summed E-state index contributed by atoms with van der Waals surface area (Å²) in [5, 5.41) is 3.62. The number of sulfonamides is 1. The quantitative estimate of drug-likeness (QED) is 0.517. The van der Waals surface area contributed by atoms with Crippen LogP contribution in [0.25, 0.3) is 0 Å². The van der Waals surface area contributed by atoms with E-state index < -0.39 is 22.2 Å². The van der Waals surface area contributed by atoms with Gasteiger partial charge in [-0.3, -0.25) is 4.31 Å². The molecule has 158 valence electrons. The molecule has 0 aliphatic rings. The second-order valence-corrected chi connectivity index (χ2v) is 9.36. The van der Waals surface area contributed by atoms with Gasteiger partial charge in [-0.1, -0.05) is 34.8 Å². The number of nitrogens with zero attached hydrogens (tertiary/aromatic N) is 1. The molecular formula is C19H21Cl3N2O4S. The average Bonchev–Trinajstić information content (AvgIpc) is 2.68. The van der Waals surface area contributed by atoms with E-state index in [0.29, 0.717) is 29.4 Å². The molecule has 10 heteroatoms. The maximum Gasteiger partial charge on any atom is 0.406 e. The number of nitrogens with one attached hydrogen (secondary N) is 1. The summed E-state index contributed by atoms with van der Waals surface area (Å²) in [4.78, 5) is 11.3. The van der Waals surface area contributed by atoms with Crippen LogP contribution in [0.5, 0.6) is 0 Å². The lowest BCUT2D eigenvalue weighted by Crippen LogP contribution is -2.39. The third-order valence-electron chi connectivity index (χ3n) is 4.17. The van der Waals surface area contributed by atoms with Gasteiger partial charge in [0.1, 0.15) is 0 Å². The molecule has 2 aromatic rings. The number of hydrogen-bond acceptors (Lipinski definition) is 4. The molecule has 0 unspecified atom stereocenters. The summed E-state index contributed by atoms with van der Waals surface area (Å²) in [6.45, 7) is 2.11. The maximum atomic E-state index is 13.4. The first-order valence-corrected chi connectivity index (χ1v) is 11.3. The van der Waals surface area contributed by atoms with Crippen LogP contribution in [0.3, 0.4) is 0 Å². The minimum absolute atomic E-state index is 0.0810. The van der Waals surface area contributed by atoms with E-state index in [-0.39, 0.29) is 15.6 Å². The van der Waals surface area contributed by atoms with Crippen LogP contribution in [0.4, 0.5) is 10.5 Å². The van der Waals surface area contributed by atoms with Crippen LogP contribution in [0.2, 0.25) is 15.1 Å². The molecule has 1 atom stereocenters. The van der Waals surface area contributed by atoms with Gasteiger partial charge in [0.2, 0.25) is 0 Å². The Morgan fingerprint density at radius 2 is 1.72 bits per heavy atom. The molecule has 2 aromatic carbocycles. The fourth-order valence-corrected chi connectivity index (χ4v) is 5.00. The van der Waals surface area contributed by atoms with Crippen LogP contribution < -0.4 is 9.62 Å². The monoisotopic (exact) mass is 478 g/mol. The Hall–Kier alpha value is -1.67. The lowest BCUT2D eigenvalue weighted by atomic mass is 10.1. The fourth-order valence-electron chi connectivity index (χ4n) is 2.76. The maximum absolute atomic E-state index is 13.4. The van der Waals surface area contributed by atoms with Gasteiger partial charge >= 0.3 is 6.09 Å². The molecule has 0 saturated heterocycles. The Morgan fingerprint density at radius 3 is 2.34 bits per heavy atom. The van der Waals surface area contributed by atoms with Crippen LogP contribution in [-0.4, -0.2) is 34.2 Å². The number of amides is 1. The van der Waals surface area contributed by atoms with E-state index in [1.54, 1.807) is 19.1 Å². The SMILES string of the molecule is COC(=O)NCCC[C@@H](C)N(c1cc(Cl)ccc1Cl)S(=O)(=O)c1ccc(Cl)cc1. The number of alkyl carbamates (subject to hydrolysis) is 1. The van der Waals surface area contributed by atoms with Crippen molar-refractivity contribution in [2.45, 2.75) is 30.7 Å². The van der Waals surface area contributed by atoms with E-state index in [1.807, 2.05) is 0 Å². The van der Waals surface area contributed by atoms with E-state index in [4.69, 9.17) is 34.8 Å². The number of ether oxygens (including phenoxy) is 1. The predicted octanol–water partition coefficient (Wildman–Crippen LogP) is 5.37. The summed E-state index contributed by atoms with van der Waals surface area (Å²) in [6.07, 6.45) is 0.446. The zero-order valence-electron chi connectivity index (χ0n) is 15.9. The van der Waals surface area contributed by atoms with Crippen LogP contribution in [0.1, 0.15) is 19.8 Å². The van der Waals surface area contributed by atoms with Gasteiger partial charge in [-0.15, -0.1) is 0 Å². The molecule has 2 rings (SSSR count). The standard InChI is InChI=1S/C19H21Cl3N2O4S/c1-13(4-3-11-23-19(25)28-2)24(18-12-15(21)7-10-17(18)22)29(26,27)16-8-5-14(20)6-9-16/h5-10,12-13H,3-4,11H2,1-2H3,(H,23,25)/t13-/m1/s1. The summed E-state index contributed by atoms with van der Waals surface area (Å²) >= 11 is 18.3. The van der Waals surface area contributed by atoms with Gasteiger partial charge in [0.25, 0.3) is 10.0 Å². The Balaban J connectivity index is 2.37. The minimum Gasteiger partial charge on any atom is -0.453 e. The Bertz CT molecular complexity index is 952. The van der Waals surface area contributed by atoms with Crippen molar-refractivity contribution in [1.82, 2.24) is 5.32 Å². The summed E-state index contributed by atoms with van der Waals surface area (Å²) in [5.41, 5.74) is 0.280. The second-order valence-electron chi connectivity index (χ2n) is 6.26. The van der Waals surface area contributed by atoms with Gasteiger partial charge in [0.05, 0.1) is 22.7 Å². The highest BCUT2D eigenvalue weighted by molar-refractivity contribution is 7.92. The van der Waals surface area contributed by atoms with E-state index >= 15 is 0 Å². The van der Waals surface area contributed by atoms with Gasteiger partial charge in [0.15, 0.2) is 0 Å². The number of carbonyl (C=O) groups excluding carboxylic acids is 1. The molecule has 6 nitrogen and oxygen atoms in total. The number of halogens is 3. The topological polar surface area (TPSA) is 75.7 Å². The lowest BCUT2D eigenvalue weighted by molar-refractivity contribution is 0.171. The second kappa shape index (κ2) is 10.4. The van der Waals surface area contributed by atoms with Crippen molar-refractivity contribution >= 4 is 56.6 Å². The third-order valence-corrected chi connectivity index (χ3v) is 6.92. The van der Waals surface area contributed by atoms with E-state index in [9.17, 15) is 13.2 Å². The lowest BCUT2D eigenvalue weighted by Gasteiger charge is -2.31. The van der Waals surface area contributed by atoms with Gasteiger partial charge in [-0.05, 0) is 62.2 Å². The molecule has 29 heavy (non-hydrogen) atoms. The summed E-state index contributed by atoms with van der Waals surface area (Å²) in [6, 6.07) is 10.1. The first-order valence-electron chi connectivity index (χ1n) is 8.73. The first kappa shape index (κ1) is 23.6. The van der Waals surface area contributed by atoms with Crippen molar-refractivity contribution in [3.8, 4) is 0 Å². The predicted molar refractivity (Wildman–Crippen MR) is 117 cm³/mol. The number of anilines is 1. The number of carbonyl (C=O) groups is 1. The third kappa shape index (κ3) is 6.15. The summed E-state index contributed by atoms with van der Waals surface area (Å²) < 4.78 is 32.6. The minimum atomic E-state index is -3.95. The molecular weight excluding hydrogens is 459 g/mol. The van der Waals surface area contributed by atoms with Gasteiger partial charge in [-0.2, -0.15) is 0 Å². The van der Waals surface area contributed by atoms with Crippen LogP contribution in [-0.2, 0) is 14.8 Å². The molecule has 0 aromatic heterocycles. The van der Waals surface area contributed by atoms with E-state index in [0.717, 1.165) is 0 Å². The van der Waals surface area contributed by atoms with Gasteiger partial charge < -0.3 is 10.1 Å². The van der Waals surface area contributed by atoms with Gasteiger partial charge in [-0.25, -0.2) is 13.2 Å². The Kier molecular flexibility index (Phi) is 8.46. The van der Waals surface area contributed by atoms with E-state index in [1.165, 1.54) is 41.7 Å². The van der Waals surface area contributed by atoms with Crippen LogP contribution >= 0.6 is 34.8 Å². The summed E-state index contributed by atoms with van der Waals surface area (Å²) in [5.74, 6) is 0. The number of methoxy groups -OCH3 is 1. The van der Waals surface area contributed by atoms with Crippen molar-refractivity contribution < 1.29 is 17.9 Å². The normalized spacial score (nSPS) is 12.3. The van der Waals surface area contributed by atoms with Crippen molar-refractivity contribution in [3.05, 3.63) is 57.5 Å². The largest absolute Gasteiger partial charge is 0.453 e.